The van der Waals surface area contributed by atoms with Gasteiger partial charge >= 0.3 is 12.3 Å². The van der Waals surface area contributed by atoms with Gasteiger partial charge in [-0.3, -0.25) is 0 Å². The van der Waals surface area contributed by atoms with Crippen LogP contribution in [0.15, 0.2) is 6.07 Å². The molecule has 0 atom stereocenters. The normalized spacial score (nSPS) is 11.2. The summed E-state index contributed by atoms with van der Waals surface area (Å²) >= 11 is 0. The van der Waals surface area contributed by atoms with Crippen LogP contribution in [-0.4, -0.2) is 24.4 Å². The van der Waals surface area contributed by atoms with E-state index in [9.17, 15) is 18.0 Å². The van der Waals surface area contributed by atoms with E-state index in [-0.39, 0.29) is 23.6 Å². The SMILES string of the molecule is COC(=O)c1cc(OC(F)(F)F)c(N)c(CN)n1. The Kier molecular flexibility index (Phi) is 3.96. The number of nitrogens with zero attached hydrogens (tertiary/aromatic N) is 1. The number of alkyl halides is 3. The van der Waals surface area contributed by atoms with Crippen molar-refractivity contribution in [1.82, 2.24) is 4.98 Å². The summed E-state index contributed by atoms with van der Waals surface area (Å²) in [6.45, 7) is -0.245. The van der Waals surface area contributed by atoms with Gasteiger partial charge in [0.2, 0.25) is 0 Å². The Hall–Kier alpha value is -2.03. The number of nitrogen functional groups attached to an aromatic ring is 1. The molecule has 0 radical (unpaired) electrons. The summed E-state index contributed by atoms with van der Waals surface area (Å²) in [6, 6.07) is 0.744. The van der Waals surface area contributed by atoms with Gasteiger partial charge in [-0.05, 0) is 0 Å². The molecule has 18 heavy (non-hydrogen) atoms. The molecule has 0 aliphatic heterocycles. The van der Waals surface area contributed by atoms with Crippen molar-refractivity contribution in [2.75, 3.05) is 12.8 Å². The van der Waals surface area contributed by atoms with E-state index in [0.29, 0.717) is 0 Å². The maximum Gasteiger partial charge on any atom is 0.573 e. The van der Waals surface area contributed by atoms with Crippen LogP contribution in [0.4, 0.5) is 18.9 Å². The van der Waals surface area contributed by atoms with Crippen LogP contribution in [0, 0.1) is 0 Å². The van der Waals surface area contributed by atoms with Crippen molar-refractivity contribution in [3.8, 4) is 5.75 Å². The van der Waals surface area contributed by atoms with Gasteiger partial charge in [0.15, 0.2) is 11.4 Å². The van der Waals surface area contributed by atoms with Crippen molar-refractivity contribution < 1.29 is 27.4 Å². The highest BCUT2D eigenvalue weighted by Crippen LogP contribution is 2.30. The van der Waals surface area contributed by atoms with Gasteiger partial charge in [-0.2, -0.15) is 0 Å². The van der Waals surface area contributed by atoms with Gasteiger partial charge < -0.3 is 20.9 Å². The van der Waals surface area contributed by atoms with Gasteiger partial charge in [-0.1, -0.05) is 0 Å². The van der Waals surface area contributed by atoms with Crippen LogP contribution in [0.3, 0.4) is 0 Å². The number of aromatic nitrogens is 1. The Morgan fingerprint density at radius 3 is 2.56 bits per heavy atom. The maximum absolute atomic E-state index is 12.1. The molecule has 100 valence electrons. The molecule has 6 nitrogen and oxygen atoms in total. The van der Waals surface area contributed by atoms with Crippen LogP contribution in [0.5, 0.6) is 5.75 Å². The summed E-state index contributed by atoms with van der Waals surface area (Å²) < 4.78 is 44.4. The third-order valence-electron chi connectivity index (χ3n) is 1.91. The third-order valence-corrected chi connectivity index (χ3v) is 1.91. The number of hydrogen-bond acceptors (Lipinski definition) is 6. The van der Waals surface area contributed by atoms with Gasteiger partial charge in [0.1, 0.15) is 0 Å². The van der Waals surface area contributed by atoms with Gasteiger partial charge in [0.05, 0.1) is 18.5 Å². The Morgan fingerprint density at radius 2 is 2.11 bits per heavy atom. The van der Waals surface area contributed by atoms with Crippen molar-refractivity contribution in [2.45, 2.75) is 12.9 Å². The maximum atomic E-state index is 12.1. The topological polar surface area (TPSA) is 100 Å². The molecule has 0 unspecified atom stereocenters. The molecule has 0 bridgehead atoms. The molecule has 1 aromatic rings. The van der Waals surface area contributed by atoms with E-state index in [0.717, 1.165) is 13.2 Å². The summed E-state index contributed by atoms with van der Waals surface area (Å²) in [4.78, 5) is 14.9. The van der Waals surface area contributed by atoms with E-state index in [1.165, 1.54) is 0 Å². The molecule has 0 aliphatic carbocycles. The Bertz CT molecular complexity index is 462. The number of halogens is 3. The number of esters is 1. The zero-order valence-electron chi connectivity index (χ0n) is 9.25. The number of rotatable bonds is 3. The first-order valence-electron chi connectivity index (χ1n) is 4.62. The lowest BCUT2D eigenvalue weighted by Gasteiger charge is -2.14. The second-order valence-electron chi connectivity index (χ2n) is 3.11. The van der Waals surface area contributed by atoms with E-state index in [1.807, 2.05) is 0 Å². The molecular formula is C9H10F3N3O3. The van der Waals surface area contributed by atoms with Crippen molar-refractivity contribution in [1.29, 1.82) is 0 Å². The summed E-state index contributed by atoms with van der Waals surface area (Å²) in [6.07, 6.45) is -4.94. The first kappa shape index (κ1) is 14.0. The number of carbonyl (C=O) groups is 1. The molecule has 0 saturated heterocycles. The Labute approximate surface area is 99.7 Å². The average molecular weight is 265 g/mol. The Balaban J connectivity index is 3.27. The molecule has 0 aliphatic rings. The van der Waals surface area contributed by atoms with Crippen molar-refractivity contribution in [3.05, 3.63) is 17.5 Å². The van der Waals surface area contributed by atoms with Gasteiger partial charge in [0.25, 0.3) is 0 Å². The summed E-state index contributed by atoms with van der Waals surface area (Å²) in [5.41, 5.74) is 9.83. The van der Waals surface area contributed by atoms with Gasteiger partial charge in [-0.25, -0.2) is 9.78 Å². The van der Waals surface area contributed by atoms with Crippen LogP contribution < -0.4 is 16.2 Å². The summed E-state index contributed by atoms with van der Waals surface area (Å²) in [5, 5.41) is 0. The molecule has 1 heterocycles. The average Bonchev–Trinajstić information content (AvgIpc) is 2.29. The first-order valence-corrected chi connectivity index (χ1v) is 4.62. The fourth-order valence-electron chi connectivity index (χ4n) is 1.16. The van der Waals surface area contributed by atoms with Crippen molar-refractivity contribution in [2.24, 2.45) is 5.73 Å². The number of ether oxygens (including phenoxy) is 2. The lowest BCUT2D eigenvalue weighted by molar-refractivity contribution is -0.274. The van der Waals surface area contributed by atoms with Crippen LogP contribution >= 0.6 is 0 Å². The molecule has 0 saturated carbocycles. The van der Waals surface area contributed by atoms with Crippen molar-refractivity contribution in [3.63, 3.8) is 0 Å². The smallest absolute Gasteiger partial charge is 0.464 e. The van der Waals surface area contributed by atoms with E-state index >= 15 is 0 Å². The van der Waals surface area contributed by atoms with E-state index < -0.39 is 18.1 Å². The van der Waals surface area contributed by atoms with Crippen LogP contribution in [-0.2, 0) is 11.3 Å². The second kappa shape index (κ2) is 5.08. The van der Waals surface area contributed by atoms with Gasteiger partial charge in [0, 0.05) is 12.6 Å². The molecule has 1 rings (SSSR count). The van der Waals surface area contributed by atoms with Gasteiger partial charge in [-0.15, -0.1) is 13.2 Å². The molecular weight excluding hydrogens is 255 g/mol. The summed E-state index contributed by atoms with van der Waals surface area (Å²) in [7, 11) is 1.06. The van der Waals surface area contributed by atoms with Crippen LogP contribution in [0.1, 0.15) is 16.2 Å². The molecule has 0 aromatic carbocycles. The highest BCUT2D eigenvalue weighted by atomic mass is 19.4. The predicted octanol–water partition coefficient (Wildman–Crippen LogP) is 0.808. The lowest BCUT2D eigenvalue weighted by Crippen LogP contribution is -2.20. The highest BCUT2D eigenvalue weighted by molar-refractivity contribution is 5.88. The zero-order chi connectivity index (χ0) is 13.9. The number of carbonyl (C=O) groups excluding carboxylic acids is 1. The van der Waals surface area contributed by atoms with E-state index in [1.54, 1.807) is 0 Å². The molecule has 0 fully saturated rings. The molecule has 1 aromatic heterocycles. The molecule has 9 heteroatoms. The van der Waals surface area contributed by atoms with E-state index in [2.05, 4.69) is 14.5 Å². The molecule has 0 spiro atoms. The Morgan fingerprint density at radius 1 is 1.50 bits per heavy atom. The standard InChI is InChI=1S/C9H10F3N3O3/c1-17-8(16)4-2-6(18-9(10,11)12)7(14)5(3-13)15-4/h2H,3,13-14H2,1H3. The number of pyridine rings is 1. The molecule has 0 amide bonds. The minimum absolute atomic E-state index is 0.0860. The number of hydrogen-bond donors (Lipinski definition) is 2. The third kappa shape index (κ3) is 3.23. The number of methoxy groups -OCH3 is 1. The monoisotopic (exact) mass is 265 g/mol. The largest absolute Gasteiger partial charge is 0.573 e. The van der Waals surface area contributed by atoms with Crippen molar-refractivity contribution >= 4 is 11.7 Å². The highest BCUT2D eigenvalue weighted by Gasteiger charge is 2.33. The predicted molar refractivity (Wildman–Crippen MR) is 54.6 cm³/mol. The fraction of sp³-hybridized carbons (Fsp3) is 0.333. The second-order valence-corrected chi connectivity index (χ2v) is 3.11. The summed E-state index contributed by atoms with van der Waals surface area (Å²) in [5.74, 6) is -1.66. The van der Waals surface area contributed by atoms with E-state index in [4.69, 9.17) is 11.5 Å². The molecule has 4 N–H and O–H groups in total. The zero-order valence-corrected chi connectivity index (χ0v) is 9.25. The first-order chi connectivity index (χ1) is 8.28. The van der Waals surface area contributed by atoms with Crippen LogP contribution in [0.25, 0.3) is 0 Å². The number of anilines is 1. The quantitative estimate of drug-likeness (QED) is 0.784. The number of nitrogens with two attached hydrogens (primary N) is 2. The minimum atomic E-state index is -4.94. The fourth-order valence-corrected chi connectivity index (χ4v) is 1.16. The van der Waals surface area contributed by atoms with Crippen LogP contribution in [0.2, 0.25) is 0 Å². The lowest BCUT2D eigenvalue weighted by atomic mass is 10.2. The minimum Gasteiger partial charge on any atom is -0.464 e.